The number of nitrogens with one attached hydrogen (secondary N) is 3. The van der Waals surface area contributed by atoms with Crippen LogP contribution in [0.15, 0.2) is 36.0 Å². The van der Waals surface area contributed by atoms with Crippen LogP contribution in [0.25, 0.3) is 0 Å². The van der Waals surface area contributed by atoms with Gasteiger partial charge in [-0.25, -0.2) is 0 Å². The quantitative estimate of drug-likeness (QED) is 0.572. The van der Waals surface area contributed by atoms with E-state index in [0.29, 0.717) is 30.0 Å². The summed E-state index contributed by atoms with van der Waals surface area (Å²) in [6, 6.07) is 8.02. The first-order valence-electron chi connectivity index (χ1n) is 8.91. The van der Waals surface area contributed by atoms with E-state index < -0.39 is 5.91 Å². The minimum atomic E-state index is -0.454. The minimum absolute atomic E-state index is 0.0862. The Morgan fingerprint density at radius 1 is 1.44 bits per heavy atom. The standard InChI is InChI=1S/C19H26N4O2/c1-2-3-4-13(20)9-16(21)19(24)23-14-7-5-12(6-8-14)18-17-10-15(25-18)11-22-17/h5-9,15,17-18,21-22H,2-4,10-11,20H2,1H3,(H,23,24)/b13-9-,21-16?/t15-,17-,18+/m1/s1. The van der Waals surface area contributed by atoms with Crippen molar-refractivity contribution in [2.24, 2.45) is 5.73 Å². The molecule has 134 valence electrons. The molecule has 2 aliphatic rings. The number of allylic oxidation sites excluding steroid dienone is 1. The lowest BCUT2D eigenvalue weighted by Crippen LogP contribution is -2.33. The summed E-state index contributed by atoms with van der Waals surface area (Å²) >= 11 is 0. The lowest BCUT2D eigenvalue weighted by molar-refractivity contribution is -0.110. The van der Waals surface area contributed by atoms with Crippen LogP contribution in [0.2, 0.25) is 0 Å². The van der Waals surface area contributed by atoms with Gasteiger partial charge >= 0.3 is 0 Å². The second-order valence-corrected chi connectivity index (χ2v) is 6.74. The van der Waals surface area contributed by atoms with Gasteiger partial charge in [-0.1, -0.05) is 25.5 Å². The first kappa shape index (κ1) is 17.6. The van der Waals surface area contributed by atoms with Crippen molar-refractivity contribution in [2.45, 2.75) is 50.9 Å². The lowest BCUT2D eigenvalue weighted by Gasteiger charge is -2.23. The van der Waals surface area contributed by atoms with Gasteiger partial charge in [0.15, 0.2) is 0 Å². The van der Waals surface area contributed by atoms with Gasteiger partial charge in [0.2, 0.25) is 0 Å². The summed E-state index contributed by atoms with van der Waals surface area (Å²) in [6.45, 7) is 3.01. The van der Waals surface area contributed by atoms with E-state index in [0.717, 1.165) is 31.4 Å². The molecule has 0 aliphatic carbocycles. The average molecular weight is 342 g/mol. The molecule has 2 heterocycles. The third kappa shape index (κ3) is 4.27. The molecule has 3 rings (SSSR count). The molecule has 2 aliphatic heterocycles. The van der Waals surface area contributed by atoms with E-state index in [1.54, 1.807) is 0 Å². The molecule has 6 heteroatoms. The van der Waals surface area contributed by atoms with Crippen molar-refractivity contribution < 1.29 is 9.53 Å². The van der Waals surface area contributed by atoms with Gasteiger partial charge in [0.1, 0.15) is 5.71 Å². The van der Waals surface area contributed by atoms with Crippen molar-refractivity contribution >= 4 is 17.3 Å². The minimum Gasteiger partial charge on any atom is -0.402 e. The summed E-state index contributed by atoms with van der Waals surface area (Å²) < 4.78 is 5.98. The van der Waals surface area contributed by atoms with Gasteiger partial charge < -0.3 is 21.1 Å². The zero-order chi connectivity index (χ0) is 17.8. The third-order valence-corrected chi connectivity index (χ3v) is 4.72. The van der Waals surface area contributed by atoms with Crippen molar-refractivity contribution in [3.8, 4) is 0 Å². The summed E-state index contributed by atoms with van der Waals surface area (Å²) in [6.07, 6.45) is 5.60. The number of fused-ring (bicyclic) bond motifs is 2. The van der Waals surface area contributed by atoms with E-state index in [2.05, 4.69) is 17.6 Å². The topological polar surface area (TPSA) is 100 Å². The van der Waals surface area contributed by atoms with Crippen LogP contribution in [0.4, 0.5) is 5.69 Å². The molecule has 0 aromatic heterocycles. The zero-order valence-corrected chi connectivity index (χ0v) is 14.5. The van der Waals surface area contributed by atoms with E-state index in [4.69, 9.17) is 15.9 Å². The Hall–Kier alpha value is -2.18. The molecule has 2 bridgehead atoms. The fraction of sp³-hybridized carbons (Fsp3) is 0.474. The summed E-state index contributed by atoms with van der Waals surface area (Å²) in [4.78, 5) is 12.1. The number of nitrogens with two attached hydrogens (primary N) is 1. The Morgan fingerprint density at radius 2 is 2.20 bits per heavy atom. The van der Waals surface area contributed by atoms with E-state index in [1.807, 2.05) is 24.3 Å². The molecule has 1 aromatic carbocycles. The van der Waals surface area contributed by atoms with Crippen molar-refractivity contribution in [1.29, 1.82) is 5.41 Å². The molecule has 25 heavy (non-hydrogen) atoms. The smallest absolute Gasteiger partial charge is 0.273 e. The molecule has 2 saturated heterocycles. The number of carbonyl (C=O) groups excluding carboxylic acids is 1. The van der Waals surface area contributed by atoms with Crippen LogP contribution in [0.5, 0.6) is 0 Å². The molecule has 2 fully saturated rings. The normalized spacial score (nSPS) is 25.2. The average Bonchev–Trinajstić information content (AvgIpc) is 3.24. The third-order valence-electron chi connectivity index (χ3n) is 4.72. The fourth-order valence-electron chi connectivity index (χ4n) is 3.34. The van der Waals surface area contributed by atoms with Crippen molar-refractivity contribution in [3.63, 3.8) is 0 Å². The van der Waals surface area contributed by atoms with E-state index in [1.165, 1.54) is 6.08 Å². The molecule has 6 nitrogen and oxygen atoms in total. The molecule has 3 atom stereocenters. The van der Waals surface area contributed by atoms with Gasteiger partial charge in [-0.05, 0) is 43.0 Å². The summed E-state index contributed by atoms with van der Waals surface area (Å²) in [5.41, 5.74) is 8.04. The van der Waals surface area contributed by atoms with Gasteiger partial charge in [0, 0.05) is 24.0 Å². The number of carbonyl (C=O) groups is 1. The second kappa shape index (κ2) is 7.80. The Kier molecular flexibility index (Phi) is 5.50. The van der Waals surface area contributed by atoms with E-state index >= 15 is 0 Å². The summed E-state index contributed by atoms with van der Waals surface area (Å²) in [7, 11) is 0. The van der Waals surface area contributed by atoms with Crippen LogP contribution in [0.1, 0.15) is 44.3 Å². The molecule has 0 saturated carbocycles. The number of ether oxygens (including phenoxy) is 1. The molecule has 5 N–H and O–H groups in total. The maximum absolute atomic E-state index is 12.1. The zero-order valence-electron chi connectivity index (χ0n) is 14.5. The van der Waals surface area contributed by atoms with E-state index in [-0.39, 0.29) is 11.8 Å². The van der Waals surface area contributed by atoms with Crippen LogP contribution >= 0.6 is 0 Å². The Morgan fingerprint density at radius 3 is 2.80 bits per heavy atom. The molecule has 1 amide bonds. The number of amides is 1. The predicted molar refractivity (Wildman–Crippen MR) is 98.6 cm³/mol. The van der Waals surface area contributed by atoms with Gasteiger partial charge in [0.05, 0.1) is 12.2 Å². The molecule has 1 aromatic rings. The van der Waals surface area contributed by atoms with Gasteiger partial charge in [-0.15, -0.1) is 0 Å². The maximum Gasteiger partial charge on any atom is 0.273 e. The first-order chi connectivity index (χ1) is 12.1. The highest BCUT2D eigenvalue weighted by molar-refractivity contribution is 6.46. The highest BCUT2D eigenvalue weighted by Crippen LogP contribution is 2.36. The highest BCUT2D eigenvalue weighted by Gasteiger charge is 2.41. The van der Waals surface area contributed by atoms with Crippen molar-refractivity contribution in [2.75, 3.05) is 11.9 Å². The van der Waals surface area contributed by atoms with Gasteiger partial charge in [0.25, 0.3) is 5.91 Å². The number of hydrogen-bond donors (Lipinski definition) is 4. The maximum atomic E-state index is 12.1. The molecule has 0 radical (unpaired) electrons. The van der Waals surface area contributed by atoms with Crippen LogP contribution in [-0.2, 0) is 9.53 Å². The number of anilines is 1. The fourth-order valence-corrected chi connectivity index (χ4v) is 3.34. The Bertz CT molecular complexity index is 669. The second-order valence-electron chi connectivity index (χ2n) is 6.74. The summed E-state index contributed by atoms with van der Waals surface area (Å²) in [5.74, 6) is -0.454. The molecule has 0 spiro atoms. The molecular formula is C19H26N4O2. The number of hydrogen-bond acceptors (Lipinski definition) is 5. The van der Waals surface area contributed by atoms with Crippen LogP contribution < -0.4 is 16.4 Å². The number of rotatable bonds is 7. The Balaban J connectivity index is 1.56. The monoisotopic (exact) mass is 342 g/mol. The number of morpholine rings is 1. The SMILES string of the molecule is CCCC/C(N)=C/C(=N)C(=O)Nc1ccc([C@@H]2O[C@H]3CN[C@@H]2C3)cc1. The largest absolute Gasteiger partial charge is 0.402 e. The molecule has 0 unspecified atom stereocenters. The molecular weight excluding hydrogens is 316 g/mol. The first-order valence-corrected chi connectivity index (χ1v) is 8.91. The predicted octanol–water partition coefficient (Wildman–Crippen LogP) is 2.48. The number of benzene rings is 1. The van der Waals surface area contributed by atoms with E-state index in [9.17, 15) is 4.79 Å². The van der Waals surface area contributed by atoms with Crippen LogP contribution in [0, 0.1) is 5.41 Å². The van der Waals surface area contributed by atoms with Gasteiger partial charge in [-0.2, -0.15) is 0 Å². The number of unbranched alkanes of at least 4 members (excludes halogenated alkanes) is 1. The van der Waals surface area contributed by atoms with Crippen LogP contribution in [0.3, 0.4) is 0 Å². The van der Waals surface area contributed by atoms with Crippen molar-refractivity contribution in [3.05, 3.63) is 41.6 Å². The van der Waals surface area contributed by atoms with Crippen LogP contribution in [-0.4, -0.2) is 30.3 Å². The Labute approximate surface area is 148 Å². The van der Waals surface area contributed by atoms with Gasteiger partial charge in [-0.3, -0.25) is 10.2 Å². The van der Waals surface area contributed by atoms with Crippen molar-refractivity contribution in [1.82, 2.24) is 5.32 Å². The summed E-state index contributed by atoms with van der Waals surface area (Å²) in [5, 5.41) is 14.0. The lowest BCUT2D eigenvalue weighted by atomic mass is 10.0. The highest BCUT2D eigenvalue weighted by atomic mass is 16.5.